The first-order valence-corrected chi connectivity index (χ1v) is 27.7. The predicted molar refractivity (Wildman–Crippen MR) is 336 cm³/mol. The molecule has 0 fully saturated rings. The first-order valence-electron chi connectivity index (χ1n) is 27.7. The van der Waals surface area contributed by atoms with E-state index in [0.29, 0.717) is 5.69 Å². The van der Waals surface area contributed by atoms with E-state index in [2.05, 4.69) is 241 Å². The molecule has 388 valence electrons. The van der Waals surface area contributed by atoms with Gasteiger partial charge in [-0.3, -0.25) is 0 Å². The number of alkyl halides is 3. The van der Waals surface area contributed by atoms with E-state index >= 15 is 0 Å². The average molecular weight is 1060 g/mol. The minimum Gasteiger partial charge on any atom is -0.309 e. The van der Waals surface area contributed by atoms with Crippen LogP contribution >= 0.6 is 0 Å². The maximum atomic E-state index is 14.1. The van der Waals surface area contributed by atoms with Crippen LogP contribution in [-0.4, -0.2) is 13.7 Å². The normalized spacial score (nSPS) is 12.1. The maximum Gasteiger partial charge on any atom is 0.416 e. The zero-order chi connectivity index (χ0) is 54.8. The summed E-state index contributed by atoms with van der Waals surface area (Å²) in [5.74, 6) is 0. The van der Waals surface area contributed by atoms with Gasteiger partial charge in [0, 0.05) is 49.4 Å². The molecule has 13 aromatic carbocycles. The van der Waals surface area contributed by atoms with Crippen molar-refractivity contribution in [2.45, 2.75) is 13.1 Å². The SMILES string of the molecule is Cc1cccc(-n2c3ccccc3c3cc(-c4ccc5c(c4)c4cc(-c6ccc7c(c6)c6ccccc6n7-c6cccc(C(F)(F)F)c6)ccc4n5-c4ccc(-c5c6ccccc6c(-c6ccccc6)c6ccccc56)cc4)ccc32)c1. The lowest BCUT2D eigenvalue weighted by molar-refractivity contribution is -0.137. The minimum absolute atomic E-state index is 0.464. The highest BCUT2D eigenvalue weighted by Gasteiger charge is 2.31. The standard InChI is InChI=1S/C76H48F3N3/c1-47-15-13-19-56(41-47)81-68-27-11-9-21-58(68)64-42-50(31-37-70(64)81)52-33-39-72-66(44-52)67-45-53(51-32-38-71-65(43-51)59-22-10-12-28-69(59)82(71)57-20-14-18-54(46-57)76(77,78)79)34-40-73(67)80(72)55-35-29-49(30-36-55)75-62-25-7-5-23-60(62)74(48-16-3-2-4-17-48)61-24-6-8-26-63(61)75/h2-46H,1H3. The number of fused-ring (bicyclic) bond motifs is 11. The first-order chi connectivity index (χ1) is 40.2. The van der Waals surface area contributed by atoms with Crippen LogP contribution in [0, 0.1) is 6.92 Å². The summed E-state index contributed by atoms with van der Waals surface area (Å²) in [6.07, 6.45) is -4.47. The van der Waals surface area contributed by atoms with Gasteiger partial charge in [-0.25, -0.2) is 0 Å². The fraction of sp³-hybridized carbons (Fsp3) is 0.0263. The zero-order valence-electron chi connectivity index (χ0n) is 44.5. The van der Waals surface area contributed by atoms with Gasteiger partial charge in [0.1, 0.15) is 0 Å². The van der Waals surface area contributed by atoms with E-state index in [4.69, 9.17) is 0 Å². The number of aromatic nitrogens is 3. The topological polar surface area (TPSA) is 14.8 Å². The summed E-state index contributed by atoms with van der Waals surface area (Å²) in [6.45, 7) is 2.14. The Kier molecular flexibility index (Phi) is 10.6. The van der Waals surface area contributed by atoms with E-state index in [-0.39, 0.29) is 0 Å². The van der Waals surface area contributed by atoms with Crippen LogP contribution in [-0.2, 0) is 6.18 Å². The van der Waals surface area contributed by atoms with Crippen LogP contribution in [0.25, 0.3) is 149 Å². The summed E-state index contributed by atoms with van der Waals surface area (Å²) in [5.41, 5.74) is 18.4. The molecule has 0 aliphatic carbocycles. The van der Waals surface area contributed by atoms with Crippen LogP contribution in [0.2, 0.25) is 0 Å². The van der Waals surface area contributed by atoms with Crippen molar-refractivity contribution in [2.75, 3.05) is 0 Å². The third kappa shape index (κ3) is 7.45. The second-order valence-electron chi connectivity index (χ2n) is 21.6. The molecule has 0 saturated carbocycles. The molecule has 0 N–H and O–H groups in total. The molecule has 0 bridgehead atoms. The molecule has 0 radical (unpaired) electrons. The minimum atomic E-state index is -4.47. The molecular weight excluding hydrogens is 1010 g/mol. The molecule has 0 aliphatic heterocycles. The molecule has 3 nitrogen and oxygen atoms in total. The van der Waals surface area contributed by atoms with Crippen LogP contribution in [0.5, 0.6) is 0 Å². The Balaban J connectivity index is 0.876. The highest BCUT2D eigenvalue weighted by atomic mass is 19.4. The fourth-order valence-electron chi connectivity index (χ4n) is 13.2. The summed E-state index contributed by atoms with van der Waals surface area (Å²) in [5, 5.41) is 11.4. The number of hydrogen-bond donors (Lipinski definition) is 0. The van der Waals surface area contributed by atoms with Crippen molar-refractivity contribution in [3.63, 3.8) is 0 Å². The lowest BCUT2D eigenvalue weighted by atomic mass is 9.86. The Morgan fingerprint density at radius 3 is 1.02 bits per heavy atom. The van der Waals surface area contributed by atoms with Crippen molar-refractivity contribution in [3.05, 3.63) is 284 Å². The number of hydrogen-bond acceptors (Lipinski definition) is 0. The number of aryl methyl sites for hydroxylation is 1. The molecule has 16 rings (SSSR count). The molecule has 0 unspecified atom stereocenters. The molecule has 3 heterocycles. The molecule has 0 amide bonds. The molecule has 0 aliphatic rings. The smallest absolute Gasteiger partial charge is 0.309 e. The van der Waals surface area contributed by atoms with Gasteiger partial charge in [-0.1, -0.05) is 170 Å². The Morgan fingerprint density at radius 2 is 0.585 bits per heavy atom. The number of halogens is 3. The summed E-state index contributed by atoms with van der Waals surface area (Å²) in [7, 11) is 0. The Labute approximate surface area is 470 Å². The van der Waals surface area contributed by atoms with Crippen molar-refractivity contribution >= 4 is 87.0 Å². The number of benzene rings is 13. The molecule has 0 spiro atoms. The largest absolute Gasteiger partial charge is 0.416 e. The van der Waals surface area contributed by atoms with Crippen molar-refractivity contribution in [3.8, 4) is 61.6 Å². The van der Waals surface area contributed by atoms with Crippen molar-refractivity contribution in [1.29, 1.82) is 0 Å². The molecule has 82 heavy (non-hydrogen) atoms. The Hall–Kier alpha value is -10.4. The van der Waals surface area contributed by atoms with Gasteiger partial charge in [-0.2, -0.15) is 13.2 Å². The Morgan fingerprint density at radius 1 is 0.244 bits per heavy atom. The summed E-state index contributed by atoms with van der Waals surface area (Å²) in [4.78, 5) is 0. The van der Waals surface area contributed by atoms with E-state index in [1.807, 2.05) is 28.8 Å². The van der Waals surface area contributed by atoms with Gasteiger partial charge < -0.3 is 13.7 Å². The third-order valence-electron chi connectivity index (χ3n) is 16.9. The number of nitrogens with zero attached hydrogens (tertiary/aromatic N) is 3. The molecule has 3 aromatic heterocycles. The van der Waals surface area contributed by atoms with Crippen molar-refractivity contribution < 1.29 is 13.2 Å². The highest BCUT2D eigenvalue weighted by Crippen LogP contribution is 2.46. The Bertz CT molecular complexity index is 5210. The number of para-hydroxylation sites is 2. The molecular formula is C76H48F3N3. The van der Waals surface area contributed by atoms with Gasteiger partial charge >= 0.3 is 6.18 Å². The summed E-state index contributed by atoms with van der Waals surface area (Å²) in [6, 6.07) is 95.1. The van der Waals surface area contributed by atoms with Crippen LogP contribution in [0.3, 0.4) is 0 Å². The van der Waals surface area contributed by atoms with Crippen LogP contribution in [0.1, 0.15) is 11.1 Å². The highest BCUT2D eigenvalue weighted by molar-refractivity contribution is 6.22. The van der Waals surface area contributed by atoms with Gasteiger partial charge in [0.15, 0.2) is 0 Å². The third-order valence-corrected chi connectivity index (χ3v) is 16.9. The summed E-state index contributed by atoms with van der Waals surface area (Å²) < 4.78 is 49.0. The van der Waals surface area contributed by atoms with E-state index in [1.54, 1.807) is 6.07 Å². The lowest BCUT2D eigenvalue weighted by Gasteiger charge is -2.18. The number of rotatable bonds is 7. The van der Waals surface area contributed by atoms with Crippen LogP contribution < -0.4 is 0 Å². The monoisotopic (exact) mass is 1060 g/mol. The van der Waals surface area contributed by atoms with Gasteiger partial charge in [0.05, 0.1) is 38.7 Å². The molecule has 0 saturated heterocycles. The molecule has 0 atom stereocenters. The van der Waals surface area contributed by atoms with Crippen LogP contribution in [0.4, 0.5) is 13.2 Å². The first kappa shape index (κ1) is 47.6. The fourth-order valence-corrected chi connectivity index (χ4v) is 13.2. The molecule has 6 heteroatoms. The van der Waals surface area contributed by atoms with E-state index < -0.39 is 11.7 Å². The van der Waals surface area contributed by atoms with E-state index in [1.165, 1.54) is 72.2 Å². The average Bonchev–Trinajstić information content (AvgIpc) is 4.31. The maximum absolute atomic E-state index is 14.1. The summed E-state index contributed by atoms with van der Waals surface area (Å²) >= 11 is 0. The lowest BCUT2D eigenvalue weighted by Crippen LogP contribution is -2.06. The van der Waals surface area contributed by atoms with Crippen molar-refractivity contribution in [1.82, 2.24) is 13.7 Å². The molecule has 16 aromatic rings. The quantitative estimate of drug-likeness (QED) is 0.141. The van der Waals surface area contributed by atoms with Gasteiger partial charge in [0.25, 0.3) is 0 Å². The predicted octanol–water partition coefficient (Wildman–Crippen LogP) is 21.3. The zero-order valence-corrected chi connectivity index (χ0v) is 44.5. The van der Waals surface area contributed by atoms with Gasteiger partial charge in [-0.15, -0.1) is 0 Å². The van der Waals surface area contributed by atoms with Crippen LogP contribution in [0.15, 0.2) is 273 Å². The van der Waals surface area contributed by atoms with E-state index in [0.717, 1.165) is 94.4 Å². The van der Waals surface area contributed by atoms with E-state index in [9.17, 15) is 13.2 Å². The second-order valence-corrected chi connectivity index (χ2v) is 21.6. The van der Waals surface area contributed by atoms with Crippen molar-refractivity contribution in [2.24, 2.45) is 0 Å². The van der Waals surface area contributed by atoms with Gasteiger partial charge in [-0.05, 0) is 182 Å². The van der Waals surface area contributed by atoms with Gasteiger partial charge in [0.2, 0.25) is 0 Å². The second kappa shape index (κ2) is 18.3.